The van der Waals surface area contributed by atoms with E-state index in [1.165, 1.54) is 7.11 Å². The molecule has 0 spiro atoms. The van der Waals surface area contributed by atoms with Gasteiger partial charge in [0.1, 0.15) is 6.61 Å². The molecule has 0 unspecified atom stereocenters. The second kappa shape index (κ2) is 9.10. The molecule has 138 valence electrons. The van der Waals surface area contributed by atoms with Gasteiger partial charge >= 0.3 is 0 Å². The number of halogens is 1. The van der Waals surface area contributed by atoms with Crippen LogP contribution in [0.4, 0.5) is 0 Å². The number of rotatable bonds is 6. The van der Waals surface area contributed by atoms with E-state index in [0.717, 1.165) is 5.56 Å². The van der Waals surface area contributed by atoms with Crippen LogP contribution in [0.25, 0.3) is 0 Å². The molecular weight excluding hydrogens is 356 g/mol. The second-order valence-electron chi connectivity index (χ2n) is 5.84. The largest absolute Gasteiger partial charge is 0.493 e. The van der Waals surface area contributed by atoms with Gasteiger partial charge in [0.05, 0.1) is 7.11 Å². The highest BCUT2D eigenvalue weighted by atomic mass is 35.5. The molecule has 2 N–H and O–H groups in total. The fourth-order valence-corrected chi connectivity index (χ4v) is 2.22. The first-order chi connectivity index (χ1) is 12.4. The molecule has 0 heterocycles. The molecule has 2 aromatic carbocycles. The Labute approximate surface area is 157 Å². The monoisotopic (exact) mass is 376 g/mol. The Kier molecular flexibility index (Phi) is 6.86. The number of amides is 2. The molecule has 2 amide bonds. The maximum Gasteiger partial charge on any atom is 0.269 e. The van der Waals surface area contributed by atoms with Crippen LogP contribution in [-0.2, 0) is 11.4 Å². The summed E-state index contributed by atoms with van der Waals surface area (Å²) in [7, 11) is 1.49. The van der Waals surface area contributed by atoms with Crippen LogP contribution in [-0.4, -0.2) is 18.9 Å². The summed E-state index contributed by atoms with van der Waals surface area (Å²) in [5.41, 5.74) is 5.90. The average Bonchev–Trinajstić information content (AvgIpc) is 2.64. The molecule has 0 bridgehead atoms. The zero-order valence-electron chi connectivity index (χ0n) is 14.8. The van der Waals surface area contributed by atoms with E-state index >= 15 is 0 Å². The fraction of sp³-hybridized carbons (Fsp3) is 0.263. The fourth-order valence-electron chi connectivity index (χ4n) is 2.03. The van der Waals surface area contributed by atoms with Crippen molar-refractivity contribution in [3.8, 4) is 11.5 Å². The third-order valence-corrected chi connectivity index (χ3v) is 3.96. The third-order valence-electron chi connectivity index (χ3n) is 3.59. The van der Waals surface area contributed by atoms with Crippen molar-refractivity contribution in [3.63, 3.8) is 0 Å². The molecule has 6 nitrogen and oxygen atoms in total. The summed E-state index contributed by atoms with van der Waals surface area (Å²) in [4.78, 5) is 23.7. The standard InChI is InChI=1S/C19H21ClN2O4/c1-12(2)18(23)21-22-19(24)13-8-9-16(17(10-13)25-3)26-11-14-6-4-5-7-15(14)20/h4-10,12H,11H2,1-3H3,(H,21,23)(H,22,24). The van der Waals surface area contributed by atoms with E-state index in [4.69, 9.17) is 21.1 Å². The summed E-state index contributed by atoms with van der Waals surface area (Å²) in [6.07, 6.45) is 0. The highest BCUT2D eigenvalue weighted by molar-refractivity contribution is 6.31. The quantitative estimate of drug-likeness (QED) is 0.758. The molecular formula is C19H21ClN2O4. The molecule has 0 atom stereocenters. The van der Waals surface area contributed by atoms with Gasteiger partial charge in [-0.2, -0.15) is 0 Å². The number of hydrogen-bond acceptors (Lipinski definition) is 4. The van der Waals surface area contributed by atoms with Crippen LogP contribution in [0.1, 0.15) is 29.8 Å². The van der Waals surface area contributed by atoms with Crippen LogP contribution in [0.2, 0.25) is 5.02 Å². The SMILES string of the molecule is COc1cc(C(=O)NNC(=O)C(C)C)ccc1OCc1ccccc1Cl. The Morgan fingerprint density at radius 1 is 1.08 bits per heavy atom. The van der Waals surface area contributed by atoms with Gasteiger partial charge in [0.25, 0.3) is 5.91 Å². The lowest BCUT2D eigenvalue weighted by Crippen LogP contribution is -2.43. The van der Waals surface area contributed by atoms with Crippen molar-refractivity contribution in [2.45, 2.75) is 20.5 Å². The maximum atomic E-state index is 12.1. The molecule has 0 saturated heterocycles. The first-order valence-corrected chi connectivity index (χ1v) is 8.44. The van der Waals surface area contributed by atoms with Crippen molar-refractivity contribution in [3.05, 3.63) is 58.6 Å². The summed E-state index contributed by atoms with van der Waals surface area (Å²) in [6, 6.07) is 12.1. The van der Waals surface area contributed by atoms with Crippen molar-refractivity contribution in [2.24, 2.45) is 5.92 Å². The summed E-state index contributed by atoms with van der Waals surface area (Å²) < 4.78 is 11.0. The summed E-state index contributed by atoms with van der Waals surface area (Å²) in [6.45, 7) is 3.73. The van der Waals surface area contributed by atoms with Crippen molar-refractivity contribution < 1.29 is 19.1 Å². The van der Waals surface area contributed by atoms with E-state index in [1.807, 2.05) is 18.2 Å². The van der Waals surface area contributed by atoms with Gasteiger partial charge in [0.15, 0.2) is 11.5 Å². The molecule has 0 saturated carbocycles. The number of nitrogens with one attached hydrogen (secondary N) is 2. The minimum atomic E-state index is -0.449. The predicted octanol–water partition coefficient (Wildman–Crippen LogP) is 3.34. The van der Waals surface area contributed by atoms with E-state index in [0.29, 0.717) is 22.1 Å². The number of carbonyl (C=O) groups excluding carboxylic acids is 2. The van der Waals surface area contributed by atoms with Gasteiger partial charge < -0.3 is 9.47 Å². The predicted molar refractivity (Wildman–Crippen MR) is 99.2 cm³/mol. The molecule has 7 heteroatoms. The Morgan fingerprint density at radius 2 is 1.81 bits per heavy atom. The van der Waals surface area contributed by atoms with Crippen molar-refractivity contribution in [1.82, 2.24) is 10.9 Å². The van der Waals surface area contributed by atoms with Crippen molar-refractivity contribution >= 4 is 23.4 Å². The van der Waals surface area contributed by atoms with Crippen LogP contribution in [0.3, 0.4) is 0 Å². The van der Waals surface area contributed by atoms with E-state index in [9.17, 15) is 9.59 Å². The molecule has 0 aliphatic carbocycles. The Morgan fingerprint density at radius 3 is 2.46 bits per heavy atom. The number of hydrogen-bond donors (Lipinski definition) is 2. The van der Waals surface area contributed by atoms with Crippen LogP contribution >= 0.6 is 11.6 Å². The molecule has 2 aromatic rings. The number of benzene rings is 2. The zero-order valence-corrected chi connectivity index (χ0v) is 15.6. The van der Waals surface area contributed by atoms with Crippen LogP contribution in [0.5, 0.6) is 11.5 Å². The summed E-state index contributed by atoms with van der Waals surface area (Å²) in [5.74, 6) is -0.0690. The van der Waals surface area contributed by atoms with E-state index < -0.39 is 5.91 Å². The first kappa shape index (κ1) is 19.6. The van der Waals surface area contributed by atoms with Crippen molar-refractivity contribution in [1.29, 1.82) is 0 Å². The second-order valence-corrected chi connectivity index (χ2v) is 6.25. The lowest BCUT2D eigenvalue weighted by atomic mass is 10.2. The molecule has 0 aliphatic rings. The molecule has 0 aromatic heterocycles. The molecule has 2 rings (SSSR count). The van der Waals surface area contributed by atoms with Crippen LogP contribution in [0, 0.1) is 5.92 Å². The van der Waals surface area contributed by atoms with Gasteiger partial charge in [-0.05, 0) is 24.3 Å². The van der Waals surface area contributed by atoms with Gasteiger partial charge in [-0.15, -0.1) is 0 Å². The normalized spacial score (nSPS) is 10.3. The van der Waals surface area contributed by atoms with Gasteiger partial charge in [-0.25, -0.2) is 0 Å². The molecule has 26 heavy (non-hydrogen) atoms. The van der Waals surface area contributed by atoms with Crippen molar-refractivity contribution in [2.75, 3.05) is 7.11 Å². The zero-order chi connectivity index (χ0) is 19.1. The molecule has 0 fully saturated rings. The minimum absolute atomic E-state index is 0.231. The lowest BCUT2D eigenvalue weighted by molar-refractivity contribution is -0.124. The van der Waals surface area contributed by atoms with Gasteiger partial charge in [0.2, 0.25) is 5.91 Å². The lowest BCUT2D eigenvalue weighted by Gasteiger charge is -2.13. The highest BCUT2D eigenvalue weighted by Gasteiger charge is 2.13. The topological polar surface area (TPSA) is 76.7 Å². The number of methoxy groups -OCH3 is 1. The first-order valence-electron chi connectivity index (χ1n) is 8.06. The smallest absolute Gasteiger partial charge is 0.269 e. The maximum absolute atomic E-state index is 12.1. The molecule has 0 aliphatic heterocycles. The Balaban J connectivity index is 2.05. The number of carbonyl (C=O) groups is 2. The molecule has 0 radical (unpaired) electrons. The van der Waals surface area contributed by atoms with Crippen LogP contribution in [0.15, 0.2) is 42.5 Å². The van der Waals surface area contributed by atoms with Gasteiger partial charge in [-0.1, -0.05) is 43.6 Å². The number of hydrazine groups is 1. The third kappa shape index (κ3) is 5.13. The summed E-state index contributed by atoms with van der Waals surface area (Å²) in [5, 5.41) is 0.614. The van der Waals surface area contributed by atoms with E-state index in [-0.39, 0.29) is 18.4 Å². The van der Waals surface area contributed by atoms with E-state index in [1.54, 1.807) is 38.1 Å². The number of ether oxygens (including phenoxy) is 2. The van der Waals surface area contributed by atoms with Crippen LogP contribution < -0.4 is 20.3 Å². The van der Waals surface area contributed by atoms with E-state index in [2.05, 4.69) is 10.9 Å². The van der Waals surface area contributed by atoms with Gasteiger partial charge in [-0.3, -0.25) is 20.4 Å². The Hall–Kier alpha value is -2.73. The minimum Gasteiger partial charge on any atom is -0.493 e. The average molecular weight is 377 g/mol. The summed E-state index contributed by atoms with van der Waals surface area (Å²) >= 11 is 6.11. The highest BCUT2D eigenvalue weighted by Crippen LogP contribution is 2.29. The van der Waals surface area contributed by atoms with Gasteiger partial charge in [0, 0.05) is 22.1 Å². The Bertz CT molecular complexity index is 793.